The molecule has 0 aliphatic carbocycles. The van der Waals surface area contributed by atoms with Crippen molar-refractivity contribution in [2.45, 2.75) is 44.6 Å². The van der Waals surface area contributed by atoms with E-state index in [1.54, 1.807) is 14.2 Å². The molecule has 1 aliphatic heterocycles. The van der Waals surface area contributed by atoms with E-state index < -0.39 is 6.10 Å². The lowest BCUT2D eigenvalue weighted by molar-refractivity contribution is 0.0233. The summed E-state index contributed by atoms with van der Waals surface area (Å²) >= 11 is 0. The molecular weight excluding hydrogens is 330 g/mol. The molecule has 0 fully saturated rings. The predicted octanol–water partition coefficient (Wildman–Crippen LogP) is 3.46. The van der Waals surface area contributed by atoms with Gasteiger partial charge in [0.2, 0.25) is 0 Å². The van der Waals surface area contributed by atoms with E-state index in [0.717, 1.165) is 12.0 Å². The van der Waals surface area contributed by atoms with Gasteiger partial charge in [0.25, 0.3) is 0 Å². The highest BCUT2D eigenvalue weighted by Crippen LogP contribution is 2.46. The zero-order chi connectivity index (χ0) is 18.5. The number of methoxy groups -OCH3 is 2. The quantitative estimate of drug-likeness (QED) is 0.758. The second kappa shape index (κ2) is 8.43. The maximum Gasteiger partial charge on any atom is 0.144 e. The van der Waals surface area contributed by atoms with Gasteiger partial charge in [-0.1, -0.05) is 43.7 Å². The second-order valence-corrected chi connectivity index (χ2v) is 6.52. The first-order chi connectivity index (χ1) is 12.7. The second-order valence-electron chi connectivity index (χ2n) is 6.52. The Balaban J connectivity index is 1.91. The predicted molar refractivity (Wildman–Crippen MR) is 101 cm³/mol. The Labute approximate surface area is 154 Å². The summed E-state index contributed by atoms with van der Waals surface area (Å²) in [6.45, 7) is 2.74. The topological polar surface area (TPSA) is 60.0 Å². The van der Waals surface area contributed by atoms with Gasteiger partial charge < -0.3 is 24.6 Å². The van der Waals surface area contributed by atoms with Gasteiger partial charge in [0.15, 0.2) is 0 Å². The van der Waals surface area contributed by atoms with E-state index in [1.165, 1.54) is 5.56 Å². The maximum absolute atomic E-state index is 10.6. The van der Waals surface area contributed by atoms with Crippen LogP contribution in [-0.4, -0.2) is 31.5 Å². The van der Waals surface area contributed by atoms with E-state index in [9.17, 15) is 5.11 Å². The fourth-order valence-electron chi connectivity index (χ4n) is 3.45. The Morgan fingerprint density at radius 1 is 1.15 bits per heavy atom. The lowest BCUT2D eigenvalue weighted by Gasteiger charge is -2.25. The molecule has 5 heteroatoms. The fourth-order valence-corrected chi connectivity index (χ4v) is 3.45. The zero-order valence-corrected chi connectivity index (χ0v) is 15.6. The Morgan fingerprint density at radius 3 is 2.58 bits per heavy atom. The summed E-state index contributed by atoms with van der Waals surface area (Å²) < 4.78 is 17.1. The lowest BCUT2D eigenvalue weighted by atomic mass is 9.96. The van der Waals surface area contributed by atoms with Crippen molar-refractivity contribution >= 4 is 0 Å². The molecule has 0 saturated carbocycles. The molecule has 0 radical (unpaired) electrons. The average Bonchev–Trinajstić information content (AvgIpc) is 3.05. The normalized spacial score (nSPS) is 19.5. The summed E-state index contributed by atoms with van der Waals surface area (Å²) in [5.41, 5.74) is 2.11. The van der Waals surface area contributed by atoms with Gasteiger partial charge in [0, 0.05) is 18.7 Å². The number of benzene rings is 2. The number of nitrogens with one attached hydrogen (secondary N) is 1. The molecule has 2 aromatic rings. The van der Waals surface area contributed by atoms with Gasteiger partial charge in [0.1, 0.15) is 23.4 Å². The molecule has 0 aromatic heterocycles. The van der Waals surface area contributed by atoms with Crippen molar-refractivity contribution in [2.75, 3.05) is 14.2 Å². The average molecular weight is 357 g/mol. The first-order valence-corrected chi connectivity index (χ1v) is 9.05. The van der Waals surface area contributed by atoms with Gasteiger partial charge in [0.05, 0.1) is 31.9 Å². The Bertz CT molecular complexity index is 719. The Hall–Kier alpha value is -2.24. The largest absolute Gasteiger partial charge is 0.496 e. The zero-order valence-electron chi connectivity index (χ0n) is 15.6. The van der Waals surface area contributed by atoms with Crippen LogP contribution in [0.25, 0.3) is 0 Å². The number of ether oxygens (including phenoxy) is 3. The molecule has 0 amide bonds. The Kier molecular flexibility index (Phi) is 6.01. The van der Waals surface area contributed by atoms with E-state index >= 15 is 0 Å². The summed E-state index contributed by atoms with van der Waals surface area (Å²) in [5, 5.41) is 14.2. The minimum absolute atomic E-state index is 0.160. The molecule has 3 atom stereocenters. The number of aliphatic hydroxyl groups excluding tert-OH is 1. The highest BCUT2D eigenvalue weighted by molar-refractivity contribution is 5.55. The van der Waals surface area contributed by atoms with Gasteiger partial charge in [-0.15, -0.1) is 0 Å². The molecular formula is C21H27NO4. The monoisotopic (exact) mass is 357 g/mol. The summed E-state index contributed by atoms with van der Waals surface area (Å²) in [6.07, 6.45) is 0.649. The van der Waals surface area contributed by atoms with E-state index in [4.69, 9.17) is 14.2 Å². The number of aliphatic hydroxyl groups is 1. The number of hydrogen-bond acceptors (Lipinski definition) is 5. The van der Waals surface area contributed by atoms with E-state index in [0.29, 0.717) is 30.2 Å². The highest BCUT2D eigenvalue weighted by atomic mass is 16.5. The third-order valence-corrected chi connectivity index (χ3v) is 4.77. The van der Waals surface area contributed by atoms with Crippen LogP contribution in [0.2, 0.25) is 0 Å². The minimum atomic E-state index is -0.559. The summed E-state index contributed by atoms with van der Waals surface area (Å²) in [4.78, 5) is 0. The molecule has 0 saturated heterocycles. The maximum atomic E-state index is 10.6. The summed E-state index contributed by atoms with van der Waals surface area (Å²) in [6, 6.07) is 13.7. The van der Waals surface area contributed by atoms with Crippen LogP contribution in [-0.2, 0) is 6.54 Å². The van der Waals surface area contributed by atoms with Gasteiger partial charge in [-0.2, -0.15) is 0 Å². The van der Waals surface area contributed by atoms with E-state index in [2.05, 4.69) is 24.4 Å². The molecule has 140 valence electrons. The molecule has 1 aliphatic rings. The molecule has 0 bridgehead atoms. The molecule has 3 rings (SSSR count). The standard InChI is InChI=1S/C21H27NO4/c1-4-8-16(23)21-20(22-13-14-9-6-5-7-10-14)19-17(25-3)11-15(24-2)12-18(19)26-21/h5-7,9-12,16,20-23H,4,8,13H2,1-3H3/t16-,20+,21-/m1/s1. The van der Waals surface area contributed by atoms with Crippen LogP contribution in [0.3, 0.4) is 0 Å². The number of hydrogen-bond donors (Lipinski definition) is 2. The first kappa shape index (κ1) is 18.5. The van der Waals surface area contributed by atoms with Crippen molar-refractivity contribution in [3.8, 4) is 17.2 Å². The van der Waals surface area contributed by atoms with Crippen LogP contribution in [0.1, 0.15) is 36.9 Å². The van der Waals surface area contributed by atoms with Gasteiger partial charge in [-0.05, 0) is 12.0 Å². The molecule has 0 spiro atoms. The van der Waals surface area contributed by atoms with Crippen molar-refractivity contribution in [3.63, 3.8) is 0 Å². The molecule has 2 aromatic carbocycles. The fraction of sp³-hybridized carbons (Fsp3) is 0.429. The smallest absolute Gasteiger partial charge is 0.144 e. The SMILES string of the molecule is CCC[C@@H](O)[C@H]1Oc2cc(OC)cc(OC)c2[C@@H]1NCc1ccccc1. The van der Waals surface area contributed by atoms with Crippen molar-refractivity contribution in [2.24, 2.45) is 0 Å². The number of rotatable bonds is 8. The molecule has 1 heterocycles. The minimum Gasteiger partial charge on any atom is -0.496 e. The third-order valence-electron chi connectivity index (χ3n) is 4.77. The van der Waals surface area contributed by atoms with Crippen LogP contribution < -0.4 is 19.5 Å². The van der Waals surface area contributed by atoms with Crippen LogP contribution in [0.15, 0.2) is 42.5 Å². The molecule has 2 N–H and O–H groups in total. The van der Waals surface area contributed by atoms with Crippen LogP contribution in [0.4, 0.5) is 0 Å². The van der Waals surface area contributed by atoms with Crippen LogP contribution >= 0.6 is 0 Å². The van der Waals surface area contributed by atoms with Gasteiger partial charge in [-0.3, -0.25) is 0 Å². The first-order valence-electron chi connectivity index (χ1n) is 9.05. The summed E-state index contributed by atoms with van der Waals surface area (Å²) in [7, 11) is 3.25. The molecule has 0 unspecified atom stereocenters. The van der Waals surface area contributed by atoms with Crippen molar-refractivity contribution < 1.29 is 19.3 Å². The lowest BCUT2D eigenvalue weighted by Crippen LogP contribution is -2.39. The van der Waals surface area contributed by atoms with Gasteiger partial charge in [-0.25, -0.2) is 0 Å². The number of fused-ring (bicyclic) bond motifs is 1. The molecule has 5 nitrogen and oxygen atoms in total. The molecule has 26 heavy (non-hydrogen) atoms. The van der Waals surface area contributed by atoms with Crippen molar-refractivity contribution in [3.05, 3.63) is 53.6 Å². The summed E-state index contributed by atoms with van der Waals surface area (Å²) in [5.74, 6) is 2.08. The Morgan fingerprint density at radius 2 is 1.92 bits per heavy atom. The van der Waals surface area contributed by atoms with Gasteiger partial charge >= 0.3 is 0 Å². The highest BCUT2D eigenvalue weighted by Gasteiger charge is 2.41. The van der Waals surface area contributed by atoms with E-state index in [1.807, 2.05) is 30.3 Å². The third kappa shape index (κ3) is 3.79. The van der Waals surface area contributed by atoms with Crippen molar-refractivity contribution in [1.82, 2.24) is 5.32 Å². The van der Waals surface area contributed by atoms with Crippen LogP contribution in [0, 0.1) is 0 Å². The van der Waals surface area contributed by atoms with Crippen LogP contribution in [0.5, 0.6) is 17.2 Å². The van der Waals surface area contributed by atoms with Crippen molar-refractivity contribution in [1.29, 1.82) is 0 Å². The van der Waals surface area contributed by atoms with E-state index in [-0.39, 0.29) is 12.1 Å².